The first-order valence-electron chi connectivity index (χ1n) is 7.63. The molecule has 2 heteroatoms. The highest BCUT2D eigenvalue weighted by molar-refractivity contribution is 4.83. The maximum Gasteiger partial charge on any atom is 0.000527 e. The van der Waals surface area contributed by atoms with E-state index in [0.717, 1.165) is 18.4 Å². The molecule has 0 heterocycles. The summed E-state index contributed by atoms with van der Waals surface area (Å²) in [7, 11) is 0. The van der Waals surface area contributed by atoms with Crippen LogP contribution in [-0.2, 0) is 0 Å². The maximum absolute atomic E-state index is 5.73. The molecule has 0 amide bonds. The van der Waals surface area contributed by atoms with Gasteiger partial charge in [0, 0.05) is 6.54 Å². The average Bonchev–Trinajstić information content (AvgIpc) is 2.77. The third kappa shape index (κ3) is 3.96. The molecule has 0 bridgehead atoms. The van der Waals surface area contributed by atoms with Gasteiger partial charge in [-0.2, -0.15) is 0 Å². The second-order valence-corrected chi connectivity index (χ2v) is 6.77. The minimum absolute atomic E-state index is 0.606. The Kier molecular flexibility index (Phi) is 4.87. The fourth-order valence-corrected chi connectivity index (χ4v) is 3.65. The minimum Gasteiger partial charge on any atom is -0.330 e. The van der Waals surface area contributed by atoms with Crippen LogP contribution in [0.25, 0.3) is 0 Å². The normalized spacial score (nSPS) is 32.8. The zero-order valence-electron chi connectivity index (χ0n) is 11.5. The van der Waals surface area contributed by atoms with E-state index in [2.05, 4.69) is 12.2 Å². The lowest BCUT2D eigenvalue weighted by Crippen LogP contribution is -2.34. The van der Waals surface area contributed by atoms with Crippen molar-refractivity contribution in [2.75, 3.05) is 19.6 Å². The molecule has 0 radical (unpaired) electrons. The lowest BCUT2D eigenvalue weighted by Gasteiger charge is -2.30. The van der Waals surface area contributed by atoms with Crippen molar-refractivity contribution in [2.24, 2.45) is 23.0 Å². The van der Waals surface area contributed by atoms with Crippen LogP contribution in [0.15, 0.2) is 0 Å². The molecule has 3 N–H and O–H groups in total. The lowest BCUT2D eigenvalue weighted by molar-refractivity contribution is 0.251. The Morgan fingerprint density at radius 1 is 1.06 bits per heavy atom. The van der Waals surface area contributed by atoms with Gasteiger partial charge in [-0.1, -0.05) is 19.8 Å². The van der Waals surface area contributed by atoms with Gasteiger partial charge in [0.15, 0.2) is 0 Å². The Balaban J connectivity index is 1.59. The molecule has 0 atom stereocenters. The smallest absolute Gasteiger partial charge is 0.000527 e. The van der Waals surface area contributed by atoms with E-state index in [-0.39, 0.29) is 0 Å². The van der Waals surface area contributed by atoms with E-state index < -0.39 is 0 Å². The Morgan fingerprint density at radius 3 is 2.24 bits per heavy atom. The fraction of sp³-hybridized carbons (Fsp3) is 1.00. The lowest BCUT2D eigenvalue weighted by atomic mass is 9.81. The topological polar surface area (TPSA) is 38.0 Å². The van der Waals surface area contributed by atoms with Crippen molar-refractivity contribution in [3.8, 4) is 0 Å². The van der Waals surface area contributed by atoms with Crippen molar-refractivity contribution in [3.05, 3.63) is 0 Å². The SMILES string of the molecule is CC1(CNCC2CCC(CN)CC2)CCCC1. The predicted octanol–water partition coefficient (Wildman–Crippen LogP) is 2.92. The molecule has 100 valence electrons. The number of rotatable bonds is 5. The number of hydrogen-bond donors (Lipinski definition) is 2. The van der Waals surface area contributed by atoms with Crippen molar-refractivity contribution in [2.45, 2.75) is 58.3 Å². The molecule has 2 rings (SSSR count). The minimum atomic E-state index is 0.606. The van der Waals surface area contributed by atoms with E-state index in [9.17, 15) is 0 Å². The first kappa shape index (κ1) is 13.4. The van der Waals surface area contributed by atoms with Gasteiger partial charge in [-0.3, -0.25) is 0 Å². The second kappa shape index (κ2) is 6.19. The molecular formula is C15H30N2. The van der Waals surface area contributed by atoms with Gasteiger partial charge in [-0.15, -0.1) is 0 Å². The zero-order valence-corrected chi connectivity index (χ0v) is 11.5. The Morgan fingerprint density at radius 2 is 1.65 bits per heavy atom. The standard InChI is InChI=1S/C15H30N2/c1-15(8-2-3-9-15)12-17-11-14-6-4-13(10-16)5-7-14/h13-14,17H,2-12,16H2,1H3. The van der Waals surface area contributed by atoms with E-state index in [1.54, 1.807) is 0 Å². The molecule has 0 unspecified atom stereocenters. The molecule has 0 saturated heterocycles. The van der Waals surface area contributed by atoms with Gasteiger partial charge in [0.05, 0.1) is 0 Å². The third-order valence-corrected chi connectivity index (χ3v) is 5.10. The molecule has 0 aliphatic heterocycles. The van der Waals surface area contributed by atoms with Gasteiger partial charge in [0.25, 0.3) is 0 Å². The van der Waals surface area contributed by atoms with Gasteiger partial charge in [-0.05, 0) is 68.9 Å². The maximum atomic E-state index is 5.73. The van der Waals surface area contributed by atoms with Gasteiger partial charge in [0.2, 0.25) is 0 Å². The van der Waals surface area contributed by atoms with Crippen molar-refractivity contribution in [3.63, 3.8) is 0 Å². The molecule has 0 spiro atoms. The molecule has 0 aromatic rings. The van der Waals surface area contributed by atoms with Crippen LogP contribution in [0.3, 0.4) is 0 Å². The highest BCUT2D eigenvalue weighted by Crippen LogP contribution is 2.36. The van der Waals surface area contributed by atoms with Crippen molar-refractivity contribution in [1.29, 1.82) is 0 Å². The van der Waals surface area contributed by atoms with E-state index in [1.807, 2.05) is 0 Å². The van der Waals surface area contributed by atoms with Crippen molar-refractivity contribution in [1.82, 2.24) is 5.32 Å². The summed E-state index contributed by atoms with van der Waals surface area (Å²) in [5.41, 5.74) is 6.34. The molecule has 17 heavy (non-hydrogen) atoms. The van der Waals surface area contributed by atoms with E-state index in [4.69, 9.17) is 5.73 Å². The Bertz CT molecular complexity index is 213. The monoisotopic (exact) mass is 238 g/mol. The summed E-state index contributed by atoms with van der Waals surface area (Å²) in [4.78, 5) is 0. The largest absolute Gasteiger partial charge is 0.330 e. The van der Waals surface area contributed by atoms with Crippen LogP contribution in [0.5, 0.6) is 0 Å². The summed E-state index contributed by atoms with van der Waals surface area (Å²) in [6.07, 6.45) is 11.3. The summed E-state index contributed by atoms with van der Waals surface area (Å²) in [5.74, 6) is 1.74. The Labute approximate surface area is 107 Å². The second-order valence-electron chi connectivity index (χ2n) is 6.77. The summed E-state index contributed by atoms with van der Waals surface area (Å²) in [6, 6.07) is 0. The first-order chi connectivity index (χ1) is 8.22. The van der Waals surface area contributed by atoms with Gasteiger partial charge in [0.1, 0.15) is 0 Å². The van der Waals surface area contributed by atoms with Crippen LogP contribution in [0, 0.1) is 17.3 Å². The van der Waals surface area contributed by atoms with E-state index in [1.165, 1.54) is 64.5 Å². The molecule has 2 fully saturated rings. The predicted molar refractivity (Wildman–Crippen MR) is 73.9 cm³/mol. The quantitative estimate of drug-likeness (QED) is 0.773. The van der Waals surface area contributed by atoms with Crippen LogP contribution in [0.4, 0.5) is 0 Å². The molecule has 0 aromatic heterocycles. The first-order valence-corrected chi connectivity index (χ1v) is 7.63. The van der Waals surface area contributed by atoms with Gasteiger partial charge < -0.3 is 11.1 Å². The zero-order chi connectivity index (χ0) is 12.1. The summed E-state index contributed by atoms with van der Waals surface area (Å²) in [5, 5.41) is 3.74. The number of hydrogen-bond acceptors (Lipinski definition) is 2. The number of nitrogens with one attached hydrogen (secondary N) is 1. The summed E-state index contributed by atoms with van der Waals surface area (Å²) >= 11 is 0. The molecule has 2 saturated carbocycles. The van der Waals surface area contributed by atoms with E-state index in [0.29, 0.717) is 5.41 Å². The molecular weight excluding hydrogens is 208 g/mol. The molecule has 2 nitrogen and oxygen atoms in total. The van der Waals surface area contributed by atoms with Crippen LogP contribution in [0.1, 0.15) is 58.3 Å². The molecule has 2 aliphatic carbocycles. The van der Waals surface area contributed by atoms with Crippen molar-refractivity contribution >= 4 is 0 Å². The van der Waals surface area contributed by atoms with Crippen LogP contribution in [0.2, 0.25) is 0 Å². The van der Waals surface area contributed by atoms with Gasteiger partial charge in [-0.25, -0.2) is 0 Å². The Hall–Kier alpha value is -0.0800. The van der Waals surface area contributed by atoms with Gasteiger partial charge >= 0.3 is 0 Å². The van der Waals surface area contributed by atoms with Crippen LogP contribution >= 0.6 is 0 Å². The molecule has 2 aliphatic rings. The highest BCUT2D eigenvalue weighted by Gasteiger charge is 2.28. The average molecular weight is 238 g/mol. The molecule has 0 aromatic carbocycles. The summed E-state index contributed by atoms with van der Waals surface area (Å²) in [6.45, 7) is 5.84. The summed E-state index contributed by atoms with van der Waals surface area (Å²) < 4.78 is 0. The van der Waals surface area contributed by atoms with Crippen LogP contribution < -0.4 is 11.1 Å². The van der Waals surface area contributed by atoms with Crippen molar-refractivity contribution < 1.29 is 0 Å². The third-order valence-electron chi connectivity index (χ3n) is 5.10. The van der Waals surface area contributed by atoms with E-state index >= 15 is 0 Å². The highest BCUT2D eigenvalue weighted by atomic mass is 14.9. The number of nitrogens with two attached hydrogens (primary N) is 1. The van der Waals surface area contributed by atoms with Crippen LogP contribution in [-0.4, -0.2) is 19.6 Å². The fourth-order valence-electron chi connectivity index (χ4n) is 3.65.